The van der Waals surface area contributed by atoms with Crippen molar-refractivity contribution in [2.45, 2.75) is 45.0 Å². The molecule has 2 unspecified atom stereocenters. The first-order valence-corrected chi connectivity index (χ1v) is 8.40. The van der Waals surface area contributed by atoms with Gasteiger partial charge in [0.05, 0.1) is 18.4 Å². The average molecular weight is 282 g/mol. The molecule has 19 heavy (non-hydrogen) atoms. The first kappa shape index (κ1) is 14.7. The molecule has 5 heteroatoms. The minimum atomic E-state index is 0.602. The van der Waals surface area contributed by atoms with Gasteiger partial charge in [0.2, 0.25) is 0 Å². The largest absolute Gasteiger partial charge is 0.379 e. The summed E-state index contributed by atoms with van der Waals surface area (Å²) >= 11 is 2.06. The van der Waals surface area contributed by atoms with Crippen molar-refractivity contribution in [1.82, 2.24) is 14.7 Å². The van der Waals surface area contributed by atoms with Crippen molar-refractivity contribution in [2.75, 3.05) is 30.7 Å². The van der Waals surface area contributed by atoms with Crippen molar-refractivity contribution in [1.29, 1.82) is 0 Å². The van der Waals surface area contributed by atoms with Gasteiger partial charge in [-0.15, -0.1) is 0 Å². The van der Waals surface area contributed by atoms with Gasteiger partial charge in [0.1, 0.15) is 0 Å². The molecular formula is C14H26N4S. The first-order chi connectivity index (χ1) is 9.22. The van der Waals surface area contributed by atoms with Crippen LogP contribution in [0, 0.1) is 0 Å². The molecule has 1 aromatic heterocycles. The summed E-state index contributed by atoms with van der Waals surface area (Å²) in [6, 6.07) is 0.602. The molecule has 2 rings (SSSR count). The van der Waals surface area contributed by atoms with Gasteiger partial charge in [0.25, 0.3) is 0 Å². The molecular weight excluding hydrogens is 256 g/mol. The monoisotopic (exact) mass is 282 g/mol. The highest BCUT2D eigenvalue weighted by Gasteiger charge is 2.23. The standard InChI is InChI=1S/C14H26N4S/c1-4-17(5-2)7-8-18-11-13(10-15-18)16-14-6-9-19-12(14)3/h10-12,14,16H,4-9H2,1-3H3. The third kappa shape index (κ3) is 4.14. The van der Waals surface area contributed by atoms with Crippen LogP contribution >= 0.6 is 11.8 Å². The molecule has 0 spiro atoms. The highest BCUT2D eigenvalue weighted by atomic mass is 32.2. The van der Waals surface area contributed by atoms with Gasteiger partial charge >= 0.3 is 0 Å². The zero-order valence-electron chi connectivity index (χ0n) is 12.3. The maximum absolute atomic E-state index is 4.44. The maximum Gasteiger partial charge on any atom is 0.0729 e. The molecule has 2 atom stereocenters. The molecule has 108 valence electrons. The van der Waals surface area contributed by atoms with Gasteiger partial charge in [-0.2, -0.15) is 16.9 Å². The number of nitrogens with one attached hydrogen (secondary N) is 1. The van der Waals surface area contributed by atoms with Gasteiger partial charge in [0.15, 0.2) is 0 Å². The van der Waals surface area contributed by atoms with E-state index in [1.54, 1.807) is 0 Å². The van der Waals surface area contributed by atoms with E-state index in [0.717, 1.165) is 26.2 Å². The van der Waals surface area contributed by atoms with Gasteiger partial charge < -0.3 is 10.2 Å². The van der Waals surface area contributed by atoms with Crippen molar-refractivity contribution in [3.05, 3.63) is 12.4 Å². The van der Waals surface area contributed by atoms with Crippen LogP contribution in [0.15, 0.2) is 12.4 Å². The van der Waals surface area contributed by atoms with Gasteiger partial charge in [-0.05, 0) is 25.3 Å². The lowest BCUT2D eigenvalue weighted by Crippen LogP contribution is -2.27. The van der Waals surface area contributed by atoms with Crippen LogP contribution < -0.4 is 5.32 Å². The van der Waals surface area contributed by atoms with E-state index in [4.69, 9.17) is 0 Å². The Balaban J connectivity index is 1.81. The molecule has 1 fully saturated rings. The Hall–Kier alpha value is -0.680. The number of hydrogen-bond acceptors (Lipinski definition) is 4. The molecule has 0 bridgehead atoms. The lowest BCUT2D eigenvalue weighted by molar-refractivity contribution is 0.285. The van der Waals surface area contributed by atoms with Gasteiger partial charge in [-0.1, -0.05) is 20.8 Å². The van der Waals surface area contributed by atoms with E-state index in [2.05, 4.69) is 54.0 Å². The van der Waals surface area contributed by atoms with Crippen LogP contribution in [0.4, 0.5) is 5.69 Å². The number of rotatable bonds is 7. The SMILES string of the molecule is CCN(CC)CCn1cc(NC2CCSC2C)cn1. The predicted molar refractivity (Wildman–Crippen MR) is 84.0 cm³/mol. The van der Waals surface area contributed by atoms with Crippen LogP contribution in [0.3, 0.4) is 0 Å². The molecule has 2 heterocycles. The Morgan fingerprint density at radius 3 is 2.89 bits per heavy atom. The van der Waals surface area contributed by atoms with Crippen molar-refractivity contribution in [3.8, 4) is 0 Å². The van der Waals surface area contributed by atoms with Crippen LogP contribution in [0.5, 0.6) is 0 Å². The second-order valence-corrected chi connectivity index (χ2v) is 6.62. The molecule has 1 aliphatic heterocycles. The van der Waals surface area contributed by atoms with Gasteiger partial charge in [-0.3, -0.25) is 4.68 Å². The molecule has 1 aliphatic rings. The zero-order valence-corrected chi connectivity index (χ0v) is 13.1. The molecule has 0 radical (unpaired) electrons. The minimum absolute atomic E-state index is 0.602. The molecule has 0 aromatic carbocycles. The second kappa shape index (κ2) is 7.20. The molecule has 0 amide bonds. The van der Waals surface area contributed by atoms with E-state index in [1.165, 1.54) is 17.9 Å². The number of nitrogens with zero attached hydrogens (tertiary/aromatic N) is 3. The van der Waals surface area contributed by atoms with Crippen molar-refractivity contribution in [2.24, 2.45) is 0 Å². The summed E-state index contributed by atoms with van der Waals surface area (Å²) in [6.07, 6.45) is 5.35. The first-order valence-electron chi connectivity index (χ1n) is 7.35. The fraction of sp³-hybridized carbons (Fsp3) is 0.786. The molecule has 0 saturated carbocycles. The molecule has 1 aromatic rings. The summed E-state index contributed by atoms with van der Waals surface area (Å²) in [7, 11) is 0. The Kier molecular flexibility index (Phi) is 5.58. The van der Waals surface area contributed by atoms with Crippen molar-refractivity contribution in [3.63, 3.8) is 0 Å². The third-order valence-corrected chi connectivity index (χ3v) is 5.23. The summed E-state index contributed by atoms with van der Waals surface area (Å²) in [5.74, 6) is 1.27. The van der Waals surface area contributed by atoms with Gasteiger partial charge in [0, 0.05) is 24.0 Å². The van der Waals surface area contributed by atoms with E-state index in [0.29, 0.717) is 11.3 Å². The number of thioether (sulfide) groups is 1. The van der Waals surface area contributed by atoms with E-state index < -0.39 is 0 Å². The second-order valence-electron chi connectivity index (χ2n) is 5.13. The summed E-state index contributed by atoms with van der Waals surface area (Å²) < 4.78 is 2.05. The number of anilines is 1. The van der Waals surface area contributed by atoms with Crippen molar-refractivity contribution >= 4 is 17.4 Å². The van der Waals surface area contributed by atoms with Crippen LogP contribution in [-0.4, -0.2) is 51.4 Å². The normalized spacial score (nSPS) is 23.2. The molecule has 0 aliphatic carbocycles. The Morgan fingerprint density at radius 2 is 2.26 bits per heavy atom. The molecule has 1 N–H and O–H groups in total. The lowest BCUT2D eigenvalue weighted by atomic mass is 10.2. The molecule has 4 nitrogen and oxygen atoms in total. The number of aromatic nitrogens is 2. The summed E-state index contributed by atoms with van der Waals surface area (Å²) in [4.78, 5) is 2.42. The minimum Gasteiger partial charge on any atom is -0.379 e. The van der Waals surface area contributed by atoms with E-state index in [1.807, 2.05) is 10.9 Å². The fourth-order valence-corrected chi connectivity index (χ4v) is 3.68. The highest BCUT2D eigenvalue weighted by molar-refractivity contribution is 8.00. The topological polar surface area (TPSA) is 33.1 Å². The maximum atomic E-state index is 4.44. The third-order valence-electron chi connectivity index (χ3n) is 3.90. The Labute approximate surface area is 120 Å². The number of likely N-dealkylation sites (N-methyl/N-ethyl adjacent to an activating group) is 1. The molecule has 1 saturated heterocycles. The Morgan fingerprint density at radius 1 is 1.47 bits per heavy atom. The van der Waals surface area contributed by atoms with E-state index in [-0.39, 0.29) is 0 Å². The lowest BCUT2D eigenvalue weighted by Gasteiger charge is -2.17. The summed E-state index contributed by atoms with van der Waals surface area (Å²) in [5, 5.41) is 8.76. The van der Waals surface area contributed by atoms with Gasteiger partial charge in [-0.25, -0.2) is 0 Å². The predicted octanol–water partition coefficient (Wildman–Crippen LogP) is 2.53. The summed E-state index contributed by atoms with van der Waals surface area (Å²) in [5.41, 5.74) is 1.17. The zero-order chi connectivity index (χ0) is 13.7. The quantitative estimate of drug-likeness (QED) is 0.833. The van der Waals surface area contributed by atoms with E-state index >= 15 is 0 Å². The van der Waals surface area contributed by atoms with Crippen LogP contribution in [0.25, 0.3) is 0 Å². The summed E-state index contributed by atoms with van der Waals surface area (Å²) in [6.45, 7) is 11.0. The average Bonchev–Trinajstić information content (AvgIpc) is 3.02. The fourth-order valence-electron chi connectivity index (χ4n) is 2.48. The van der Waals surface area contributed by atoms with Crippen LogP contribution in [-0.2, 0) is 6.54 Å². The number of hydrogen-bond donors (Lipinski definition) is 1. The Bertz CT molecular complexity index is 375. The highest BCUT2D eigenvalue weighted by Crippen LogP contribution is 2.28. The smallest absolute Gasteiger partial charge is 0.0729 e. The van der Waals surface area contributed by atoms with E-state index in [9.17, 15) is 0 Å². The van der Waals surface area contributed by atoms with Crippen LogP contribution in [0.2, 0.25) is 0 Å². The van der Waals surface area contributed by atoms with Crippen LogP contribution in [0.1, 0.15) is 27.2 Å². The van der Waals surface area contributed by atoms with Crippen molar-refractivity contribution < 1.29 is 0 Å².